The Kier molecular flexibility index (Phi) is 7.02. The lowest BCUT2D eigenvalue weighted by Gasteiger charge is -2.24. The lowest BCUT2D eigenvalue weighted by atomic mass is 9.96. The van der Waals surface area contributed by atoms with E-state index in [0.717, 1.165) is 0 Å². The van der Waals surface area contributed by atoms with Gasteiger partial charge in [-0.15, -0.1) is 5.53 Å². The molecule has 8 nitrogen and oxygen atoms in total. The predicted molar refractivity (Wildman–Crippen MR) is 144 cm³/mol. The molecule has 0 bridgehead atoms. The van der Waals surface area contributed by atoms with Crippen LogP contribution in [0.15, 0.2) is 54.5 Å². The molecule has 0 amide bonds. The van der Waals surface area contributed by atoms with Crippen molar-refractivity contribution in [1.82, 2.24) is 21.0 Å². The summed E-state index contributed by atoms with van der Waals surface area (Å²) in [4.78, 5) is 4.41. The fraction of sp³-hybridized carbons (Fsp3) is 0.269. The van der Waals surface area contributed by atoms with Crippen LogP contribution in [0, 0.1) is 28.1 Å². The number of hydrogen-bond acceptors (Lipinski definition) is 8. The van der Waals surface area contributed by atoms with Crippen LogP contribution in [0.5, 0.6) is 0 Å². The quantitative estimate of drug-likeness (QED) is 0.292. The molecule has 0 unspecified atom stereocenters. The van der Waals surface area contributed by atoms with E-state index in [9.17, 15) is 6.63 Å². The molecule has 1 aromatic heterocycles. The Hall–Kier alpha value is -3.69. The van der Waals surface area contributed by atoms with Crippen molar-refractivity contribution in [3.8, 4) is 12.1 Å². The zero-order valence-corrected chi connectivity index (χ0v) is 21.6. The lowest BCUT2D eigenvalue weighted by Crippen LogP contribution is -2.37. The van der Waals surface area contributed by atoms with E-state index in [0.29, 0.717) is 55.7 Å². The van der Waals surface area contributed by atoms with Gasteiger partial charge in [0, 0.05) is 35.0 Å². The van der Waals surface area contributed by atoms with Crippen LogP contribution in [0.4, 0.5) is 11.4 Å². The third-order valence-electron chi connectivity index (χ3n) is 5.38. The first-order valence-electron chi connectivity index (χ1n) is 11.7. The minimum absolute atomic E-state index is 0.0364. The van der Waals surface area contributed by atoms with Crippen molar-refractivity contribution < 1.29 is 1.37 Å². The molecule has 184 valence electrons. The molecule has 0 saturated heterocycles. The molecular formula is C26H26Cl2N8. The Labute approximate surface area is 221 Å². The Morgan fingerprint density at radius 2 is 1.97 bits per heavy atom. The summed E-state index contributed by atoms with van der Waals surface area (Å²) >= 11 is 13.2. The van der Waals surface area contributed by atoms with E-state index in [1.165, 1.54) is 11.2 Å². The smallest absolute Gasteiger partial charge is 0.122 e. The lowest BCUT2D eigenvalue weighted by molar-refractivity contribution is 0.300. The zero-order valence-electron chi connectivity index (χ0n) is 21.1. The topological polar surface area (TPSA) is 112 Å². The highest BCUT2D eigenvalue weighted by Gasteiger charge is 2.25. The van der Waals surface area contributed by atoms with E-state index in [1.807, 2.05) is 6.07 Å². The van der Waals surface area contributed by atoms with Gasteiger partial charge in [-0.05, 0) is 29.2 Å². The Morgan fingerprint density at radius 1 is 1.19 bits per heavy atom. The number of aromatic nitrogens is 1. The van der Waals surface area contributed by atoms with Gasteiger partial charge in [-0.2, -0.15) is 10.5 Å². The fourth-order valence-corrected chi connectivity index (χ4v) is 4.19. The second-order valence-electron chi connectivity index (χ2n) is 9.47. The SMILES string of the molecule is [2H][C@](Nc1cc(Cl)c2ncc(C#N)c(NCC(C)(C)C)c2c1)(C1=CN(CC#N)NN1)c1ccccc1Cl. The molecule has 0 aliphatic carbocycles. The Bertz CT molecular complexity index is 1450. The maximum Gasteiger partial charge on any atom is 0.122 e. The van der Waals surface area contributed by atoms with Crippen LogP contribution in [0.2, 0.25) is 10.0 Å². The molecule has 2 aromatic carbocycles. The van der Waals surface area contributed by atoms with Gasteiger partial charge in [0.2, 0.25) is 0 Å². The monoisotopic (exact) mass is 521 g/mol. The van der Waals surface area contributed by atoms with Crippen LogP contribution >= 0.6 is 23.2 Å². The third kappa shape index (κ3) is 5.58. The molecule has 1 atom stereocenters. The summed E-state index contributed by atoms with van der Waals surface area (Å²) in [5.41, 5.74) is 8.79. The Balaban J connectivity index is 1.85. The van der Waals surface area contributed by atoms with E-state index < -0.39 is 6.02 Å². The predicted octanol–water partition coefficient (Wildman–Crippen LogP) is 5.71. The molecule has 4 N–H and O–H groups in total. The largest absolute Gasteiger partial charge is 0.383 e. The van der Waals surface area contributed by atoms with Crippen LogP contribution < -0.4 is 21.6 Å². The van der Waals surface area contributed by atoms with Crippen molar-refractivity contribution in [2.24, 2.45) is 5.41 Å². The first kappa shape index (κ1) is 24.0. The van der Waals surface area contributed by atoms with Crippen molar-refractivity contribution >= 4 is 45.5 Å². The van der Waals surface area contributed by atoms with E-state index in [-0.39, 0.29) is 12.0 Å². The maximum atomic E-state index is 9.75. The van der Waals surface area contributed by atoms with E-state index in [1.54, 1.807) is 36.5 Å². The van der Waals surface area contributed by atoms with Crippen LogP contribution in [-0.4, -0.2) is 23.1 Å². The van der Waals surface area contributed by atoms with Gasteiger partial charge in [0.15, 0.2) is 0 Å². The molecule has 2 heterocycles. The highest BCUT2D eigenvalue weighted by atomic mass is 35.5. The van der Waals surface area contributed by atoms with Gasteiger partial charge in [-0.1, -0.05) is 62.2 Å². The molecule has 1 aliphatic rings. The molecular weight excluding hydrogens is 495 g/mol. The van der Waals surface area contributed by atoms with Crippen molar-refractivity contribution in [2.75, 3.05) is 23.7 Å². The van der Waals surface area contributed by atoms with Gasteiger partial charge < -0.3 is 16.1 Å². The number of benzene rings is 2. The molecule has 36 heavy (non-hydrogen) atoms. The van der Waals surface area contributed by atoms with Crippen molar-refractivity contribution in [2.45, 2.75) is 26.8 Å². The number of anilines is 2. The summed E-state index contributed by atoms with van der Waals surface area (Å²) in [5.74, 6) is 0. The summed E-state index contributed by atoms with van der Waals surface area (Å²) in [7, 11) is 0. The van der Waals surface area contributed by atoms with Crippen molar-refractivity contribution in [3.05, 3.63) is 75.7 Å². The molecule has 0 saturated carbocycles. The number of nitrogens with zero attached hydrogens (tertiary/aromatic N) is 4. The molecule has 0 spiro atoms. The number of hydrazine groups is 2. The minimum atomic E-state index is -1.59. The standard InChI is InChI=1S/C26H26Cl2N8/c1-26(2,3)15-32-23-16(12-30)13-31-24-19(23)10-17(11-21(24)28)33-25(18-6-4-5-7-20(18)27)22-14-36(9-8-29)35-34-22/h4-7,10-11,13-14,25,33-35H,9,15H2,1-3H3,(H,31,32)/t25-/m1/s1/i25D. The second-order valence-corrected chi connectivity index (χ2v) is 10.3. The third-order valence-corrected chi connectivity index (χ3v) is 6.00. The molecule has 0 fully saturated rings. The van der Waals surface area contributed by atoms with Crippen LogP contribution in [0.25, 0.3) is 10.9 Å². The highest BCUT2D eigenvalue weighted by molar-refractivity contribution is 6.36. The highest BCUT2D eigenvalue weighted by Crippen LogP contribution is 2.37. The number of fused-ring (bicyclic) bond motifs is 1. The van der Waals surface area contributed by atoms with E-state index >= 15 is 0 Å². The summed E-state index contributed by atoms with van der Waals surface area (Å²) < 4.78 is 9.53. The number of halogens is 2. The van der Waals surface area contributed by atoms with Crippen LogP contribution in [0.1, 0.15) is 39.3 Å². The number of nitrogens with one attached hydrogen (secondary N) is 4. The number of rotatable bonds is 7. The van der Waals surface area contributed by atoms with Gasteiger partial charge in [0.25, 0.3) is 0 Å². The fourth-order valence-electron chi connectivity index (χ4n) is 3.69. The first-order valence-corrected chi connectivity index (χ1v) is 12.0. The average molecular weight is 522 g/mol. The number of pyridine rings is 1. The molecule has 0 radical (unpaired) electrons. The number of nitriles is 2. The Morgan fingerprint density at radius 3 is 2.67 bits per heavy atom. The van der Waals surface area contributed by atoms with Crippen LogP contribution in [-0.2, 0) is 0 Å². The summed E-state index contributed by atoms with van der Waals surface area (Å²) in [6.45, 7) is 6.98. The molecule has 10 heteroatoms. The summed E-state index contributed by atoms with van der Waals surface area (Å²) in [5, 5.41) is 28.4. The van der Waals surface area contributed by atoms with E-state index in [4.69, 9.17) is 28.5 Å². The van der Waals surface area contributed by atoms with Gasteiger partial charge in [0.1, 0.15) is 12.6 Å². The molecule has 3 aromatic rings. The van der Waals surface area contributed by atoms with Gasteiger partial charge in [-0.3, -0.25) is 9.99 Å². The molecule has 1 aliphatic heterocycles. The molecule has 4 rings (SSSR count). The van der Waals surface area contributed by atoms with Gasteiger partial charge in [-0.25, -0.2) is 0 Å². The number of hydrogen-bond donors (Lipinski definition) is 4. The maximum absolute atomic E-state index is 9.75. The average Bonchev–Trinajstić information content (AvgIpc) is 3.32. The summed E-state index contributed by atoms with van der Waals surface area (Å²) in [6, 6.07) is 13.2. The first-order chi connectivity index (χ1) is 17.6. The zero-order chi connectivity index (χ0) is 26.8. The minimum Gasteiger partial charge on any atom is -0.383 e. The van der Waals surface area contributed by atoms with Gasteiger partial charge in [0.05, 0.1) is 40.9 Å². The van der Waals surface area contributed by atoms with Gasteiger partial charge >= 0.3 is 0 Å². The second kappa shape index (κ2) is 10.5. The van der Waals surface area contributed by atoms with Crippen molar-refractivity contribution in [1.29, 1.82) is 10.5 Å². The van der Waals surface area contributed by atoms with Crippen molar-refractivity contribution in [3.63, 3.8) is 0 Å². The van der Waals surface area contributed by atoms with Crippen LogP contribution in [0.3, 0.4) is 0 Å². The van der Waals surface area contributed by atoms with E-state index in [2.05, 4.69) is 59.5 Å². The summed E-state index contributed by atoms with van der Waals surface area (Å²) in [6.07, 6.45) is 3.15. The normalized spacial score (nSPS) is 15.2.